The Morgan fingerprint density at radius 1 is 1.15 bits per heavy atom. The van der Waals surface area contributed by atoms with Crippen molar-refractivity contribution >= 4 is 23.4 Å². The van der Waals surface area contributed by atoms with Crippen molar-refractivity contribution in [2.24, 2.45) is 11.0 Å². The number of hydrogen-bond acceptors (Lipinski definition) is 4. The number of likely N-dealkylation sites (tertiary alicyclic amines) is 1. The number of piperidine rings is 1. The third-order valence-corrected chi connectivity index (χ3v) is 4.92. The van der Waals surface area contributed by atoms with E-state index in [1.165, 1.54) is 5.01 Å². The molecular formula is C19H24N4O3. The van der Waals surface area contributed by atoms with Gasteiger partial charge in [0.25, 0.3) is 5.91 Å². The van der Waals surface area contributed by atoms with Crippen LogP contribution in [0.2, 0.25) is 0 Å². The van der Waals surface area contributed by atoms with E-state index in [4.69, 9.17) is 0 Å². The van der Waals surface area contributed by atoms with Crippen molar-refractivity contribution in [3.63, 3.8) is 0 Å². The van der Waals surface area contributed by atoms with Crippen LogP contribution in [0.15, 0.2) is 35.4 Å². The predicted octanol–water partition coefficient (Wildman–Crippen LogP) is 1.15. The average molecular weight is 356 g/mol. The maximum Gasteiger partial charge on any atom is 0.270 e. The van der Waals surface area contributed by atoms with E-state index in [0.717, 1.165) is 5.56 Å². The molecule has 0 bridgehead atoms. The second-order valence-electron chi connectivity index (χ2n) is 6.73. The molecule has 0 aliphatic carbocycles. The minimum absolute atomic E-state index is 0.0429. The molecule has 0 unspecified atom stereocenters. The highest BCUT2D eigenvalue weighted by Crippen LogP contribution is 2.19. The number of hydrazone groups is 1. The molecule has 2 aliphatic heterocycles. The molecule has 1 aromatic carbocycles. The zero-order valence-corrected chi connectivity index (χ0v) is 15.0. The lowest BCUT2D eigenvalue weighted by atomic mass is 9.95. The molecule has 2 heterocycles. The van der Waals surface area contributed by atoms with Gasteiger partial charge in [-0.2, -0.15) is 5.10 Å². The fourth-order valence-corrected chi connectivity index (χ4v) is 3.28. The predicted molar refractivity (Wildman–Crippen MR) is 97.0 cm³/mol. The average Bonchev–Trinajstić information content (AvgIpc) is 2.68. The molecule has 2 aliphatic rings. The van der Waals surface area contributed by atoms with Gasteiger partial charge in [0.05, 0.1) is 0 Å². The second kappa shape index (κ2) is 8.12. The van der Waals surface area contributed by atoms with Gasteiger partial charge in [-0.25, -0.2) is 5.01 Å². The lowest BCUT2D eigenvalue weighted by Crippen LogP contribution is -2.46. The van der Waals surface area contributed by atoms with Gasteiger partial charge in [-0.05, 0) is 18.4 Å². The maximum atomic E-state index is 12.5. The molecular weight excluding hydrogens is 332 g/mol. The molecule has 3 amide bonds. The van der Waals surface area contributed by atoms with E-state index in [1.807, 2.05) is 30.3 Å². The van der Waals surface area contributed by atoms with E-state index < -0.39 is 0 Å². The van der Waals surface area contributed by atoms with Crippen LogP contribution in [-0.4, -0.2) is 53.5 Å². The first-order valence-corrected chi connectivity index (χ1v) is 8.99. The molecule has 1 N–H and O–H groups in total. The quantitative estimate of drug-likeness (QED) is 0.879. The normalized spacial score (nSPS) is 18.5. The topological polar surface area (TPSA) is 82.1 Å². The summed E-state index contributed by atoms with van der Waals surface area (Å²) in [7, 11) is 1.57. The van der Waals surface area contributed by atoms with Crippen molar-refractivity contribution in [1.29, 1.82) is 0 Å². The van der Waals surface area contributed by atoms with Crippen LogP contribution in [0.25, 0.3) is 0 Å². The molecule has 7 nitrogen and oxygen atoms in total. The molecule has 0 aromatic heterocycles. The number of carbonyl (C=O) groups excluding carboxylic acids is 3. The zero-order valence-electron chi connectivity index (χ0n) is 15.0. The van der Waals surface area contributed by atoms with Gasteiger partial charge >= 0.3 is 0 Å². The van der Waals surface area contributed by atoms with Gasteiger partial charge in [-0.15, -0.1) is 0 Å². The summed E-state index contributed by atoms with van der Waals surface area (Å²) >= 11 is 0. The number of benzene rings is 1. The molecule has 1 fully saturated rings. The molecule has 1 aromatic rings. The van der Waals surface area contributed by atoms with Crippen molar-refractivity contribution < 1.29 is 14.4 Å². The SMILES string of the molecule is CN1N=C(C(=O)N2CCC(C(=O)NCc3ccccc3)CC2)CCC1=O. The summed E-state index contributed by atoms with van der Waals surface area (Å²) in [5, 5.41) is 8.30. The summed E-state index contributed by atoms with van der Waals surface area (Å²) in [6, 6.07) is 9.81. The van der Waals surface area contributed by atoms with Crippen molar-refractivity contribution in [2.45, 2.75) is 32.2 Å². The van der Waals surface area contributed by atoms with Crippen LogP contribution in [0, 0.1) is 5.92 Å². The first-order chi connectivity index (χ1) is 12.5. The highest BCUT2D eigenvalue weighted by molar-refractivity contribution is 6.39. The Morgan fingerprint density at radius 3 is 2.50 bits per heavy atom. The van der Waals surface area contributed by atoms with E-state index in [-0.39, 0.29) is 23.6 Å². The number of rotatable bonds is 4. The minimum atomic E-state index is -0.118. The molecule has 138 valence electrons. The van der Waals surface area contributed by atoms with Crippen LogP contribution in [0.1, 0.15) is 31.2 Å². The summed E-state index contributed by atoms with van der Waals surface area (Å²) < 4.78 is 0. The van der Waals surface area contributed by atoms with Gasteiger partial charge in [0.1, 0.15) is 5.71 Å². The van der Waals surface area contributed by atoms with Gasteiger partial charge < -0.3 is 10.2 Å². The highest BCUT2D eigenvalue weighted by Gasteiger charge is 2.31. The summed E-state index contributed by atoms with van der Waals surface area (Å²) in [6.07, 6.45) is 2.00. The molecule has 0 atom stereocenters. The molecule has 0 saturated carbocycles. The van der Waals surface area contributed by atoms with Crippen LogP contribution in [0.5, 0.6) is 0 Å². The summed E-state index contributed by atoms with van der Waals surface area (Å²) in [4.78, 5) is 38.1. The number of hydrogen-bond donors (Lipinski definition) is 1. The first kappa shape index (κ1) is 18.1. The van der Waals surface area contributed by atoms with Gasteiger partial charge in [0.15, 0.2) is 0 Å². The number of nitrogens with one attached hydrogen (secondary N) is 1. The van der Waals surface area contributed by atoms with Gasteiger partial charge in [0.2, 0.25) is 11.8 Å². The van der Waals surface area contributed by atoms with Gasteiger partial charge in [0, 0.05) is 45.4 Å². The van der Waals surface area contributed by atoms with Crippen molar-refractivity contribution in [1.82, 2.24) is 15.2 Å². The molecule has 0 radical (unpaired) electrons. The Hall–Kier alpha value is -2.70. The molecule has 7 heteroatoms. The Kier molecular flexibility index (Phi) is 5.65. The number of nitrogens with zero attached hydrogens (tertiary/aromatic N) is 3. The standard InChI is InChI=1S/C19H24N4O3/c1-22-17(24)8-7-16(21-22)19(26)23-11-9-15(10-12-23)18(25)20-13-14-5-3-2-4-6-14/h2-6,15H,7-13H2,1H3,(H,20,25). The Balaban J connectivity index is 1.48. The fourth-order valence-electron chi connectivity index (χ4n) is 3.28. The van der Waals surface area contributed by atoms with Crippen LogP contribution in [-0.2, 0) is 20.9 Å². The van der Waals surface area contributed by atoms with Gasteiger partial charge in [-0.1, -0.05) is 30.3 Å². The van der Waals surface area contributed by atoms with E-state index >= 15 is 0 Å². The minimum Gasteiger partial charge on any atom is -0.352 e. The van der Waals surface area contributed by atoms with Gasteiger partial charge in [-0.3, -0.25) is 14.4 Å². The van der Waals surface area contributed by atoms with E-state index in [2.05, 4.69) is 10.4 Å². The number of amides is 3. The monoisotopic (exact) mass is 356 g/mol. The van der Waals surface area contributed by atoms with Crippen molar-refractivity contribution in [2.75, 3.05) is 20.1 Å². The third-order valence-electron chi connectivity index (χ3n) is 4.92. The zero-order chi connectivity index (χ0) is 18.5. The highest BCUT2D eigenvalue weighted by atomic mass is 16.2. The van der Waals surface area contributed by atoms with Crippen LogP contribution < -0.4 is 5.32 Å². The molecule has 3 rings (SSSR count). The largest absolute Gasteiger partial charge is 0.352 e. The fraction of sp³-hybridized carbons (Fsp3) is 0.474. The molecule has 1 saturated heterocycles. The third kappa shape index (κ3) is 4.28. The van der Waals surface area contributed by atoms with E-state index in [1.54, 1.807) is 11.9 Å². The molecule has 0 spiro atoms. The second-order valence-corrected chi connectivity index (χ2v) is 6.73. The maximum absolute atomic E-state index is 12.5. The number of carbonyl (C=O) groups is 3. The van der Waals surface area contributed by atoms with Crippen molar-refractivity contribution in [3.8, 4) is 0 Å². The van der Waals surface area contributed by atoms with Crippen LogP contribution >= 0.6 is 0 Å². The smallest absolute Gasteiger partial charge is 0.270 e. The Morgan fingerprint density at radius 2 is 1.85 bits per heavy atom. The van der Waals surface area contributed by atoms with E-state index in [0.29, 0.717) is 51.0 Å². The van der Waals surface area contributed by atoms with Crippen molar-refractivity contribution in [3.05, 3.63) is 35.9 Å². The van der Waals surface area contributed by atoms with Crippen LogP contribution in [0.4, 0.5) is 0 Å². The Labute approximate surface area is 153 Å². The summed E-state index contributed by atoms with van der Waals surface area (Å²) in [5.41, 5.74) is 1.50. The molecule has 26 heavy (non-hydrogen) atoms. The summed E-state index contributed by atoms with van der Waals surface area (Å²) in [6.45, 7) is 1.61. The lowest BCUT2D eigenvalue weighted by Gasteiger charge is -2.32. The van der Waals surface area contributed by atoms with Crippen LogP contribution in [0.3, 0.4) is 0 Å². The lowest BCUT2D eigenvalue weighted by molar-refractivity contribution is -0.132. The summed E-state index contributed by atoms with van der Waals surface area (Å²) in [5.74, 6) is -0.218. The first-order valence-electron chi connectivity index (χ1n) is 8.99. The Bertz CT molecular complexity index is 709. The van der Waals surface area contributed by atoms with E-state index in [9.17, 15) is 14.4 Å².